The summed E-state index contributed by atoms with van der Waals surface area (Å²) in [7, 11) is 1.98. The predicted molar refractivity (Wildman–Crippen MR) is 144 cm³/mol. The molecule has 0 aliphatic heterocycles. The molecule has 3 aromatic heterocycles. The second-order valence-corrected chi connectivity index (χ2v) is 10.2. The van der Waals surface area contributed by atoms with Gasteiger partial charge in [-0.15, -0.1) is 0 Å². The third-order valence-electron chi connectivity index (χ3n) is 6.67. The summed E-state index contributed by atoms with van der Waals surface area (Å²) in [5, 5.41) is 8.35. The molecule has 1 aliphatic rings. The van der Waals surface area contributed by atoms with Crippen LogP contribution in [0.25, 0.3) is 22.2 Å². The van der Waals surface area contributed by atoms with Gasteiger partial charge < -0.3 is 10.6 Å². The molecule has 4 aromatic rings. The van der Waals surface area contributed by atoms with Gasteiger partial charge in [-0.25, -0.2) is 19.9 Å². The normalized spacial score (nSPS) is 15.2. The Hall–Kier alpha value is -3.10. The van der Waals surface area contributed by atoms with Crippen LogP contribution in [0, 0.1) is 0 Å². The molecule has 0 amide bonds. The number of benzene rings is 1. The quantitative estimate of drug-likeness (QED) is 0.323. The SMILES string of the molecule is CNCc1ccnc2c(C(C)C(CNc3cc(-c4cnc(C5CC5)nc4)ncn3)SC)cccc12. The maximum absolute atomic E-state index is 4.76. The van der Waals surface area contributed by atoms with E-state index in [-0.39, 0.29) is 0 Å². The molecule has 35 heavy (non-hydrogen) atoms. The zero-order valence-corrected chi connectivity index (χ0v) is 21.2. The van der Waals surface area contributed by atoms with E-state index in [0.717, 1.165) is 41.5 Å². The first-order valence-electron chi connectivity index (χ1n) is 12.1. The number of hydrogen-bond donors (Lipinski definition) is 2. The number of pyridine rings is 1. The first kappa shape index (κ1) is 23.6. The molecule has 2 unspecified atom stereocenters. The molecule has 1 fully saturated rings. The summed E-state index contributed by atoms with van der Waals surface area (Å²) in [4.78, 5) is 22.7. The second kappa shape index (κ2) is 10.7. The van der Waals surface area contributed by atoms with E-state index in [1.54, 1.807) is 6.33 Å². The zero-order valence-electron chi connectivity index (χ0n) is 20.4. The average Bonchev–Trinajstić information content (AvgIpc) is 3.75. The van der Waals surface area contributed by atoms with Gasteiger partial charge in [-0.1, -0.05) is 25.1 Å². The monoisotopic (exact) mass is 485 g/mol. The molecule has 8 heteroatoms. The van der Waals surface area contributed by atoms with Crippen LogP contribution in [0.1, 0.15) is 48.6 Å². The lowest BCUT2D eigenvalue weighted by Gasteiger charge is -2.24. The van der Waals surface area contributed by atoms with Crippen molar-refractivity contribution in [1.29, 1.82) is 0 Å². The molecule has 2 N–H and O–H groups in total. The Balaban J connectivity index is 1.31. The number of rotatable bonds is 10. The van der Waals surface area contributed by atoms with Gasteiger partial charge >= 0.3 is 0 Å². The summed E-state index contributed by atoms with van der Waals surface area (Å²) in [5.41, 5.74) is 5.37. The van der Waals surface area contributed by atoms with E-state index >= 15 is 0 Å². The molecule has 0 bridgehead atoms. The summed E-state index contributed by atoms with van der Waals surface area (Å²) < 4.78 is 0. The van der Waals surface area contributed by atoms with E-state index < -0.39 is 0 Å². The summed E-state index contributed by atoms with van der Waals surface area (Å²) in [6.07, 6.45) is 11.8. The van der Waals surface area contributed by atoms with Crippen molar-refractivity contribution >= 4 is 28.5 Å². The number of hydrogen-bond acceptors (Lipinski definition) is 8. The minimum absolute atomic E-state index is 0.309. The zero-order chi connectivity index (χ0) is 24.2. The van der Waals surface area contributed by atoms with E-state index in [1.165, 1.54) is 29.4 Å². The van der Waals surface area contributed by atoms with Gasteiger partial charge in [0.15, 0.2) is 0 Å². The third kappa shape index (κ3) is 5.28. The van der Waals surface area contributed by atoms with Crippen molar-refractivity contribution < 1.29 is 0 Å². The molecular weight excluding hydrogens is 454 g/mol. The van der Waals surface area contributed by atoms with Gasteiger partial charge in [0, 0.05) is 59.9 Å². The molecule has 0 radical (unpaired) electrons. The van der Waals surface area contributed by atoms with E-state index in [9.17, 15) is 0 Å². The summed E-state index contributed by atoms with van der Waals surface area (Å²) in [6.45, 7) is 3.89. The van der Waals surface area contributed by atoms with Crippen LogP contribution >= 0.6 is 11.8 Å². The Labute approximate surface area is 210 Å². The van der Waals surface area contributed by atoms with Gasteiger partial charge in [0.25, 0.3) is 0 Å². The smallest absolute Gasteiger partial charge is 0.131 e. The fourth-order valence-corrected chi connectivity index (χ4v) is 5.28. The van der Waals surface area contributed by atoms with Gasteiger partial charge in [-0.05, 0) is 49.3 Å². The molecular formula is C27H31N7S. The van der Waals surface area contributed by atoms with Gasteiger partial charge in [0.05, 0.1) is 11.2 Å². The van der Waals surface area contributed by atoms with Crippen molar-refractivity contribution in [2.75, 3.05) is 25.2 Å². The van der Waals surface area contributed by atoms with Crippen molar-refractivity contribution in [2.45, 2.75) is 43.4 Å². The van der Waals surface area contributed by atoms with Crippen molar-refractivity contribution in [2.24, 2.45) is 0 Å². The largest absolute Gasteiger partial charge is 0.369 e. The Kier molecular flexibility index (Phi) is 7.20. The minimum atomic E-state index is 0.309. The number of nitrogens with one attached hydrogen (secondary N) is 2. The van der Waals surface area contributed by atoms with Crippen LogP contribution in [0.3, 0.4) is 0 Å². The van der Waals surface area contributed by atoms with Crippen LogP contribution in [0.2, 0.25) is 0 Å². The van der Waals surface area contributed by atoms with E-state index in [0.29, 0.717) is 17.1 Å². The van der Waals surface area contributed by atoms with Gasteiger partial charge in [0.1, 0.15) is 18.0 Å². The number of aromatic nitrogens is 5. The van der Waals surface area contributed by atoms with Crippen LogP contribution in [0.5, 0.6) is 0 Å². The molecule has 1 aliphatic carbocycles. The molecule has 5 rings (SSSR count). The van der Waals surface area contributed by atoms with Gasteiger partial charge in [0.2, 0.25) is 0 Å². The summed E-state index contributed by atoms with van der Waals surface area (Å²) >= 11 is 1.86. The average molecular weight is 486 g/mol. The van der Waals surface area contributed by atoms with E-state index in [4.69, 9.17) is 4.98 Å². The van der Waals surface area contributed by atoms with Gasteiger partial charge in [-0.3, -0.25) is 4.98 Å². The van der Waals surface area contributed by atoms with Crippen molar-refractivity contribution in [3.63, 3.8) is 0 Å². The molecule has 2 atom stereocenters. The fraction of sp³-hybridized carbons (Fsp3) is 0.370. The lowest BCUT2D eigenvalue weighted by atomic mass is 9.93. The van der Waals surface area contributed by atoms with Crippen molar-refractivity contribution in [3.05, 3.63) is 72.2 Å². The Morgan fingerprint density at radius 1 is 1.06 bits per heavy atom. The van der Waals surface area contributed by atoms with Crippen LogP contribution in [-0.4, -0.2) is 50.0 Å². The third-order valence-corrected chi connectivity index (χ3v) is 7.85. The van der Waals surface area contributed by atoms with E-state index in [2.05, 4.69) is 68.0 Å². The molecule has 3 heterocycles. The molecule has 0 spiro atoms. The second-order valence-electron chi connectivity index (χ2n) is 9.08. The Morgan fingerprint density at radius 2 is 1.89 bits per heavy atom. The predicted octanol–water partition coefficient (Wildman–Crippen LogP) is 5.03. The number of fused-ring (bicyclic) bond motifs is 1. The van der Waals surface area contributed by atoms with E-state index in [1.807, 2.05) is 43.5 Å². The summed E-state index contributed by atoms with van der Waals surface area (Å²) in [5.74, 6) is 2.60. The molecule has 180 valence electrons. The van der Waals surface area contributed by atoms with Crippen LogP contribution in [0.15, 0.2) is 55.2 Å². The Morgan fingerprint density at radius 3 is 2.63 bits per heavy atom. The topological polar surface area (TPSA) is 88.5 Å². The number of thioether (sulfide) groups is 1. The molecule has 0 saturated heterocycles. The molecule has 1 saturated carbocycles. The maximum atomic E-state index is 4.76. The lowest BCUT2D eigenvalue weighted by molar-refractivity contribution is 0.727. The van der Waals surface area contributed by atoms with Crippen molar-refractivity contribution in [3.8, 4) is 11.3 Å². The lowest BCUT2D eigenvalue weighted by Crippen LogP contribution is -2.23. The van der Waals surface area contributed by atoms with Crippen LogP contribution < -0.4 is 10.6 Å². The summed E-state index contributed by atoms with van der Waals surface area (Å²) in [6, 6.07) is 10.6. The van der Waals surface area contributed by atoms with Gasteiger partial charge in [-0.2, -0.15) is 11.8 Å². The fourth-order valence-electron chi connectivity index (χ4n) is 4.47. The van der Waals surface area contributed by atoms with Crippen LogP contribution in [-0.2, 0) is 6.54 Å². The first-order valence-corrected chi connectivity index (χ1v) is 13.4. The van der Waals surface area contributed by atoms with Crippen LogP contribution in [0.4, 0.5) is 5.82 Å². The maximum Gasteiger partial charge on any atom is 0.131 e. The Bertz CT molecular complexity index is 1290. The molecule has 1 aromatic carbocycles. The first-order chi connectivity index (χ1) is 17.2. The highest BCUT2D eigenvalue weighted by molar-refractivity contribution is 7.99. The molecule has 7 nitrogen and oxygen atoms in total. The standard InChI is InChI=1S/C27H31N7S/c1-17(21-5-4-6-22-19(12-28-2)9-10-29-26(21)22)24(35-3)15-30-25-11-23(33-16-34-25)20-13-31-27(32-14-20)18-7-8-18/h4-6,9-11,13-14,16-18,24,28H,7-8,12,15H2,1-3H3,(H,30,33,34). The highest BCUT2D eigenvalue weighted by Gasteiger charge is 2.26. The van der Waals surface area contributed by atoms with Crippen molar-refractivity contribution in [1.82, 2.24) is 30.2 Å². The highest BCUT2D eigenvalue weighted by Crippen LogP contribution is 2.38. The number of para-hydroxylation sites is 1. The highest BCUT2D eigenvalue weighted by atomic mass is 32.2. The number of anilines is 1. The minimum Gasteiger partial charge on any atom is -0.369 e. The number of nitrogens with zero attached hydrogens (tertiary/aromatic N) is 5.